The number of rotatable bonds is 2. The number of aromatic nitrogens is 2. The van der Waals surface area contributed by atoms with Crippen LogP contribution in [0.4, 0.5) is 5.82 Å². The minimum atomic E-state index is -0.788. The minimum absolute atomic E-state index is 0.188. The molecular weight excluding hydrogens is 220 g/mol. The van der Waals surface area contributed by atoms with Gasteiger partial charge in [-0.05, 0) is 13.3 Å². The minimum Gasteiger partial charge on any atom is -0.388 e. The molecule has 1 unspecified atom stereocenters. The van der Waals surface area contributed by atoms with E-state index in [1.165, 1.54) is 6.20 Å². The molecular formula is C11H16N4O2. The predicted molar refractivity (Wildman–Crippen MR) is 62.7 cm³/mol. The highest BCUT2D eigenvalue weighted by atomic mass is 16.3. The molecule has 0 aromatic carbocycles. The van der Waals surface area contributed by atoms with Crippen LogP contribution in [0.15, 0.2) is 12.4 Å². The van der Waals surface area contributed by atoms with E-state index in [0.29, 0.717) is 31.0 Å². The van der Waals surface area contributed by atoms with Crippen molar-refractivity contribution in [2.75, 3.05) is 25.5 Å². The van der Waals surface area contributed by atoms with Crippen LogP contribution < -0.4 is 5.32 Å². The Hall–Kier alpha value is -1.69. The number of aliphatic hydroxyl groups is 1. The molecule has 0 spiro atoms. The van der Waals surface area contributed by atoms with Crippen molar-refractivity contribution in [2.24, 2.45) is 0 Å². The molecule has 1 aromatic heterocycles. The van der Waals surface area contributed by atoms with Crippen LogP contribution in [0.2, 0.25) is 0 Å². The van der Waals surface area contributed by atoms with Crippen LogP contribution in [0.25, 0.3) is 0 Å². The Kier molecular flexibility index (Phi) is 2.97. The van der Waals surface area contributed by atoms with Crippen LogP contribution in [0.3, 0.4) is 0 Å². The van der Waals surface area contributed by atoms with Crippen LogP contribution >= 0.6 is 0 Å². The molecule has 2 N–H and O–H groups in total. The second-order valence-electron chi connectivity index (χ2n) is 4.51. The van der Waals surface area contributed by atoms with E-state index in [9.17, 15) is 9.90 Å². The molecule has 1 fully saturated rings. The maximum atomic E-state index is 12.1. The second-order valence-corrected chi connectivity index (χ2v) is 4.51. The van der Waals surface area contributed by atoms with Crippen molar-refractivity contribution >= 4 is 11.7 Å². The monoisotopic (exact) mass is 236 g/mol. The van der Waals surface area contributed by atoms with E-state index in [1.54, 1.807) is 25.1 Å². The molecule has 2 heterocycles. The Labute approximate surface area is 99.7 Å². The summed E-state index contributed by atoms with van der Waals surface area (Å²) < 4.78 is 0. The van der Waals surface area contributed by atoms with E-state index < -0.39 is 5.60 Å². The second kappa shape index (κ2) is 4.29. The van der Waals surface area contributed by atoms with Crippen molar-refractivity contribution in [3.05, 3.63) is 18.1 Å². The van der Waals surface area contributed by atoms with Crippen LogP contribution in [-0.4, -0.2) is 51.6 Å². The van der Waals surface area contributed by atoms with Gasteiger partial charge in [0.1, 0.15) is 11.5 Å². The van der Waals surface area contributed by atoms with Crippen LogP contribution in [-0.2, 0) is 0 Å². The third kappa shape index (κ3) is 2.52. The van der Waals surface area contributed by atoms with Crippen LogP contribution in [0, 0.1) is 0 Å². The average Bonchev–Trinajstić information content (AvgIpc) is 2.69. The van der Waals surface area contributed by atoms with Crippen molar-refractivity contribution in [2.45, 2.75) is 18.9 Å². The average molecular weight is 236 g/mol. The van der Waals surface area contributed by atoms with Gasteiger partial charge in [-0.3, -0.25) is 9.78 Å². The molecule has 2 rings (SSSR count). The first-order valence-corrected chi connectivity index (χ1v) is 5.53. The van der Waals surface area contributed by atoms with Gasteiger partial charge in [-0.25, -0.2) is 4.98 Å². The fourth-order valence-electron chi connectivity index (χ4n) is 1.87. The van der Waals surface area contributed by atoms with E-state index in [2.05, 4.69) is 15.3 Å². The maximum absolute atomic E-state index is 12.1. The third-order valence-corrected chi connectivity index (χ3v) is 2.85. The summed E-state index contributed by atoms with van der Waals surface area (Å²) in [5, 5.41) is 12.7. The summed E-state index contributed by atoms with van der Waals surface area (Å²) >= 11 is 0. The number of nitrogens with zero attached hydrogens (tertiary/aromatic N) is 3. The standard InChI is InChI=1S/C11H16N4O2/c1-11(17)3-4-15(7-11)10(16)8-5-13-6-9(12-2)14-8/h5-6,17H,3-4,7H2,1-2H3,(H,12,14). The number of β-amino-alcohol motifs (C(OH)–C–C–N with tert-alkyl or cyclic N) is 1. The molecule has 1 saturated heterocycles. The Balaban J connectivity index is 2.15. The predicted octanol–water partition coefficient (Wildman–Crippen LogP) is 0.115. The third-order valence-electron chi connectivity index (χ3n) is 2.85. The molecule has 0 radical (unpaired) electrons. The van der Waals surface area contributed by atoms with E-state index in [-0.39, 0.29) is 5.91 Å². The van der Waals surface area contributed by atoms with Crippen LogP contribution in [0.1, 0.15) is 23.8 Å². The molecule has 1 atom stereocenters. The molecule has 0 aliphatic carbocycles. The number of hydrogen-bond acceptors (Lipinski definition) is 5. The lowest BCUT2D eigenvalue weighted by molar-refractivity contribution is 0.0569. The van der Waals surface area contributed by atoms with Crippen LogP contribution in [0.5, 0.6) is 0 Å². The van der Waals surface area contributed by atoms with E-state index in [4.69, 9.17) is 0 Å². The summed E-state index contributed by atoms with van der Waals surface area (Å²) in [6.07, 6.45) is 3.59. The van der Waals surface area contributed by atoms with Crippen molar-refractivity contribution in [3.8, 4) is 0 Å². The fourth-order valence-corrected chi connectivity index (χ4v) is 1.87. The summed E-state index contributed by atoms with van der Waals surface area (Å²) in [6.45, 7) is 2.63. The summed E-state index contributed by atoms with van der Waals surface area (Å²) in [4.78, 5) is 21.8. The molecule has 92 valence electrons. The lowest BCUT2D eigenvalue weighted by Crippen LogP contribution is -2.34. The normalized spacial score (nSPS) is 23.8. The zero-order valence-corrected chi connectivity index (χ0v) is 9.97. The summed E-state index contributed by atoms with van der Waals surface area (Å²) in [6, 6.07) is 0. The van der Waals surface area contributed by atoms with Gasteiger partial charge in [0.05, 0.1) is 18.0 Å². The summed E-state index contributed by atoms with van der Waals surface area (Å²) in [5.41, 5.74) is -0.487. The molecule has 1 aliphatic heterocycles. The number of anilines is 1. The number of carbonyl (C=O) groups excluding carboxylic acids is 1. The molecule has 6 nitrogen and oxygen atoms in total. The molecule has 17 heavy (non-hydrogen) atoms. The summed E-state index contributed by atoms with van der Waals surface area (Å²) in [5.74, 6) is 0.370. The quantitative estimate of drug-likeness (QED) is 0.762. The van der Waals surface area contributed by atoms with Crippen molar-refractivity contribution in [1.29, 1.82) is 0 Å². The van der Waals surface area contributed by atoms with Gasteiger partial charge in [0.25, 0.3) is 5.91 Å². The molecule has 6 heteroatoms. The van der Waals surface area contributed by atoms with E-state index in [0.717, 1.165) is 0 Å². The Morgan fingerprint density at radius 1 is 1.59 bits per heavy atom. The zero-order valence-electron chi connectivity index (χ0n) is 9.97. The zero-order chi connectivity index (χ0) is 12.5. The van der Waals surface area contributed by atoms with Gasteiger partial charge in [-0.2, -0.15) is 0 Å². The first-order valence-electron chi connectivity index (χ1n) is 5.53. The van der Waals surface area contributed by atoms with Gasteiger partial charge in [-0.15, -0.1) is 0 Å². The van der Waals surface area contributed by atoms with E-state index >= 15 is 0 Å². The number of hydrogen-bond donors (Lipinski definition) is 2. The Bertz CT molecular complexity index is 433. The highest BCUT2D eigenvalue weighted by Crippen LogP contribution is 2.21. The molecule has 0 saturated carbocycles. The number of amides is 1. The highest BCUT2D eigenvalue weighted by Gasteiger charge is 2.34. The highest BCUT2D eigenvalue weighted by molar-refractivity contribution is 5.92. The smallest absolute Gasteiger partial charge is 0.274 e. The lowest BCUT2D eigenvalue weighted by Gasteiger charge is -2.18. The van der Waals surface area contributed by atoms with Gasteiger partial charge in [0.2, 0.25) is 0 Å². The molecule has 1 aliphatic rings. The van der Waals surface area contributed by atoms with Gasteiger partial charge in [-0.1, -0.05) is 0 Å². The largest absolute Gasteiger partial charge is 0.388 e. The number of nitrogens with one attached hydrogen (secondary N) is 1. The first kappa shape index (κ1) is 11.8. The number of likely N-dealkylation sites (tertiary alicyclic amines) is 1. The van der Waals surface area contributed by atoms with Gasteiger partial charge >= 0.3 is 0 Å². The molecule has 1 amide bonds. The van der Waals surface area contributed by atoms with Gasteiger partial charge in [0.15, 0.2) is 0 Å². The van der Waals surface area contributed by atoms with Gasteiger partial charge in [0, 0.05) is 20.1 Å². The Morgan fingerprint density at radius 2 is 2.35 bits per heavy atom. The fraction of sp³-hybridized carbons (Fsp3) is 0.545. The SMILES string of the molecule is CNc1cncc(C(=O)N2CCC(C)(O)C2)n1. The molecule has 1 aromatic rings. The molecule has 0 bridgehead atoms. The van der Waals surface area contributed by atoms with Gasteiger partial charge < -0.3 is 15.3 Å². The number of carbonyl (C=O) groups is 1. The van der Waals surface area contributed by atoms with Crippen molar-refractivity contribution in [1.82, 2.24) is 14.9 Å². The lowest BCUT2D eigenvalue weighted by atomic mass is 10.1. The van der Waals surface area contributed by atoms with E-state index in [1.807, 2.05) is 0 Å². The van der Waals surface area contributed by atoms with Crippen molar-refractivity contribution < 1.29 is 9.90 Å². The topological polar surface area (TPSA) is 78.4 Å². The first-order chi connectivity index (χ1) is 8.02. The summed E-state index contributed by atoms with van der Waals surface area (Å²) in [7, 11) is 1.72. The maximum Gasteiger partial charge on any atom is 0.274 e. The van der Waals surface area contributed by atoms with Crippen molar-refractivity contribution in [3.63, 3.8) is 0 Å². The Morgan fingerprint density at radius 3 is 2.94 bits per heavy atom.